The van der Waals surface area contributed by atoms with Crippen LogP contribution in [0.3, 0.4) is 0 Å². The monoisotopic (exact) mass is 284 g/mol. The van der Waals surface area contributed by atoms with Crippen molar-refractivity contribution in [2.45, 2.75) is 39.3 Å². The Morgan fingerprint density at radius 2 is 1.86 bits per heavy atom. The lowest BCUT2D eigenvalue weighted by Gasteiger charge is -2.19. The summed E-state index contributed by atoms with van der Waals surface area (Å²) in [5.74, 6) is 0.918. The van der Waals surface area contributed by atoms with Crippen molar-refractivity contribution < 1.29 is 4.74 Å². The van der Waals surface area contributed by atoms with Gasteiger partial charge >= 0.3 is 0 Å². The smallest absolute Gasteiger partial charge is 0.119 e. The van der Waals surface area contributed by atoms with Crippen molar-refractivity contribution in [1.29, 1.82) is 0 Å². The highest BCUT2D eigenvalue weighted by Gasteiger charge is 2.12. The highest BCUT2D eigenvalue weighted by Crippen LogP contribution is 2.21. The van der Waals surface area contributed by atoms with Gasteiger partial charge in [-0.3, -0.25) is 4.98 Å². The Morgan fingerprint density at radius 3 is 2.43 bits per heavy atom. The number of nitrogens with zero attached hydrogens (tertiary/aromatic N) is 1. The Hall–Kier alpha value is -1.87. The third kappa shape index (κ3) is 4.87. The standard InChI is InChI=1S/C18H24N2O/c1-4-19-18(13-16-7-5-6-12-20-16)15-8-10-17(11-9-15)21-14(2)3/h5-12,14,18-19H,4,13H2,1-3H3. The molecule has 1 unspecified atom stereocenters. The fourth-order valence-electron chi connectivity index (χ4n) is 2.33. The number of pyridine rings is 1. The molecule has 112 valence electrons. The van der Waals surface area contributed by atoms with Crippen LogP contribution in [-0.2, 0) is 6.42 Å². The molecule has 1 heterocycles. The molecule has 0 fully saturated rings. The third-order valence-corrected chi connectivity index (χ3v) is 3.24. The van der Waals surface area contributed by atoms with Crippen molar-refractivity contribution in [2.75, 3.05) is 6.54 Å². The van der Waals surface area contributed by atoms with Crippen LogP contribution < -0.4 is 10.1 Å². The third-order valence-electron chi connectivity index (χ3n) is 3.24. The number of nitrogens with one attached hydrogen (secondary N) is 1. The summed E-state index contributed by atoms with van der Waals surface area (Å²) < 4.78 is 5.69. The second-order valence-corrected chi connectivity index (χ2v) is 5.37. The summed E-state index contributed by atoms with van der Waals surface area (Å²) >= 11 is 0. The van der Waals surface area contributed by atoms with E-state index in [-0.39, 0.29) is 12.1 Å². The molecule has 2 aromatic rings. The van der Waals surface area contributed by atoms with Crippen molar-refractivity contribution in [3.8, 4) is 5.75 Å². The molecule has 0 radical (unpaired) electrons. The minimum absolute atomic E-state index is 0.203. The molecule has 21 heavy (non-hydrogen) atoms. The second-order valence-electron chi connectivity index (χ2n) is 5.37. The fourth-order valence-corrected chi connectivity index (χ4v) is 2.33. The zero-order valence-electron chi connectivity index (χ0n) is 13.0. The largest absolute Gasteiger partial charge is 0.491 e. The molecular formula is C18H24N2O. The van der Waals surface area contributed by atoms with Gasteiger partial charge in [-0.1, -0.05) is 25.1 Å². The van der Waals surface area contributed by atoms with E-state index >= 15 is 0 Å². The van der Waals surface area contributed by atoms with Gasteiger partial charge in [0.05, 0.1) is 6.10 Å². The van der Waals surface area contributed by atoms with E-state index in [0.717, 1.165) is 24.4 Å². The maximum absolute atomic E-state index is 5.69. The lowest BCUT2D eigenvalue weighted by molar-refractivity contribution is 0.242. The minimum atomic E-state index is 0.203. The summed E-state index contributed by atoms with van der Waals surface area (Å²) in [5.41, 5.74) is 2.37. The summed E-state index contributed by atoms with van der Waals surface area (Å²) in [5, 5.41) is 3.53. The first-order chi connectivity index (χ1) is 10.2. The predicted molar refractivity (Wildman–Crippen MR) is 86.6 cm³/mol. The van der Waals surface area contributed by atoms with Gasteiger partial charge < -0.3 is 10.1 Å². The Balaban J connectivity index is 2.10. The number of likely N-dealkylation sites (N-methyl/N-ethyl adjacent to an activating group) is 1. The van der Waals surface area contributed by atoms with Crippen molar-refractivity contribution in [1.82, 2.24) is 10.3 Å². The highest BCUT2D eigenvalue weighted by molar-refractivity contribution is 5.30. The van der Waals surface area contributed by atoms with Crippen LogP contribution in [0.2, 0.25) is 0 Å². The van der Waals surface area contributed by atoms with Gasteiger partial charge in [-0.25, -0.2) is 0 Å². The van der Waals surface area contributed by atoms with Gasteiger partial charge in [0.25, 0.3) is 0 Å². The van der Waals surface area contributed by atoms with Gasteiger partial charge in [0, 0.05) is 24.4 Å². The Morgan fingerprint density at radius 1 is 1.10 bits per heavy atom. The minimum Gasteiger partial charge on any atom is -0.491 e. The maximum atomic E-state index is 5.69. The molecule has 0 aliphatic heterocycles. The van der Waals surface area contributed by atoms with Gasteiger partial charge in [-0.15, -0.1) is 0 Å². The summed E-state index contributed by atoms with van der Waals surface area (Å²) in [6.07, 6.45) is 2.94. The van der Waals surface area contributed by atoms with Crippen LogP contribution in [0.4, 0.5) is 0 Å². The fraction of sp³-hybridized carbons (Fsp3) is 0.389. The first-order valence-electron chi connectivity index (χ1n) is 7.59. The first kappa shape index (κ1) is 15.5. The van der Waals surface area contributed by atoms with E-state index in [1.54, 1.807) is 0 Å². The number of benzene rings is 1. The summed E-state index contributed by atoms with van der Waals surface area (Å²) in [4.78, 5) is 4.42. The molecule has 0 amide bonds. The van der Waals surface area contributed by atoms with Gasteiger partial charge in [0.15, 0.2) is 0 Å². The van der Waals surface area contributed by atoms with E-state index in [9.17, 15) is 0 Å². The normalized spacial score (nSPS) is 12.4. The zero-order valence-corrected chi connectivity index (χ0v) is 13.0. The molecule has 0 spiro atoms. The Kier molecular flexibility index (Phi) is 5.76. The molecule has 1 atom stereocenters. The number of hydrogen-bond donors (Lipinski definition) is 1. The Labute approximate surface area is 127 Å². The van der Waals surface area contributed by atoms with Crippen LogP contribution in [0.1, 0.15) is 38.1 Å². The van der Waals surface area contributed by atoms with Crippen LogP contribution in [0.5, 0.6) is 5.75 Å². The molecule has 0 saturated carbocycles. The molecule has 0 saturated heterocycles. The molecular weight excluding hydrogens is 260 g/mol. The van der Waals surface area contributed by atoms with E-state index in [1.165, 1.54) is 5.56 Å². The maximum Gasteiger partial charge on any atom is 0.119 e. The molecule has 1 aromatic heterocycles. The second kappa shape index (κ2) is 7.79. The van der Waals surface area contributed by atoms with Gasteiger partial charge in [-0.2, -0.15) is 0 Å². The molecule has 0 aliphatic carbocycles. The van der Waals surface area contributed by atoms with E-state index < -0.39 is 0 Å². The van der Waals surface area contributed by atoms with E-state index in [1.807, 2.05) is 44.3 Å². The van der Waals surface area contributed by atoms with Crippen molar-refractivity contribution >= 4 is 0 Å². The van der Waals surface area contributed by atoms with Crippen LogP contribution >= 0.6 is 0 Å². The number of hydrogen-bond acceptors (Lipinski definition) is 3. The predicted octanol–water partition coefficient (Wildman–Crippen LogP) is 3.76. The number of rotatable bonds is 7. The quantitative estimate of drug-likeness (QED) is 0.840. The van der Waals surface area contributed by atoms with E-state index in [2.05, 4.69) is 35.4 Å². The van der Waals surface area contributed by atoms with E-state index in [0.29, 0.717) is 0 Å². The molecule has 0 bridgehead atoms. The zero-order chi connectivity index (χ0) is 15.1. The lowest BCUT2D eigenvalue weighted by atomic mass is 10.0. The molecule has 0 aliphatic rings. The van der Waals surface area contributed by atoms with Crippen molar-refractivity contribution in [3.63, 3.8) is 0 Å². The topological polar surface area (TPSA) is 34.2 Å². The average molecular weight is 284 g/mol. The number of aromatic nitrogens is 1. The van der Waals surface area contributed by atoms with Gasteiger partial charge in [0.2, 0.25) is 0 Å². The van der Waals surface area contributed by atoms with Crippen LogP contribution in [-0.4, -0.2) is 17.6 Å². The molecule has 2 rings (SSSR count). The summed E-state index contributed by atoms with van der Waals surface area (Å²) in [6.45, 7) is 7.14. The summed E-state index contributed by atoms with van der Waals surface area (Å²) in [6, 6.07) is 14.7. The van der Waals surface area contributed by atoms with Gasteiger partial charge in [0.1, 0.15) is 5.75 Å². The van der Waals surface area contributed by atoms with Crippen LogP contribution in [0, 0.1) is 0 Å². The van der Waals surface area contributed by atoms with Crippen LogP contribution in [0.15, 0.2) is 48.7 Å². The van der Waals surface area contributed by atoms with Crippen molar-refractivity contribution in [3.05, 3.63) is 59.9 Å². The first-order valence-corrected chi connectivity index (χ1v) is 7.59. The SMILES string of the molecule is CCNC(Cc1ccccn1)c1ccc(OC(C)C)cc1. The molecule has 3 heteroatoms. The van der Waals surface area contributed by atoms with E-state index in [4.69, 9.17) is 4.74 Å². The number of ether oxygens (including phenoxy) is 1. The van der Waals surface area contributed by atoms with Crippen LogP contribution in [0.25, 0.3) is 0 Å². The molecule has 1 N–H and O–H groups in total. The average Bonchev–Trinajstić information content (AvgIpc) is 2.48. The van der Waals surface area contributed by atoms with Gasteiger partial charge in [-0.05, 0) is 50.2 Å². The lowest BCUT2D eigenvalue weighted by Crippen LogP contribution is -2.23. The van der Waals surface area contributed by atoms with Crippen molar-refractivity contribution in [2.24, 2.45) is 0 Å². The molecule has 3 nitrogen and oxygen atoms in total. The Bertz CT molecular complexity index is 523. The molecule has 1 aromatic carbocycles. The highest BCUT2D eigenvalue weighted by atomic mass is 16.5. The summed E-state index contributed by atoms with van der Waals surface area (Å²) in [7, 11) is 0.